The molecule has 11 heavy (non-hydrogen) atoms. The third-order valence-corrected chi connectivity index (χ3v) is 1.67. The fraction of sp³-hybridized carbons (Fsp3) is 0.250. The molecule has 0 bridgehead atoms. The van der Waals surface area contributed by atoms with Crippen LogP contribution in [0.1, 0.15) is 18.3 Å². The lowest BCUT2D eigenvalue weighted by Gasteiger charge is -1.97. The van der Waals surface area contributed by atoms with Crippen LogP contribution in [-0.2, 0) is 0 Å². The molecule has 0 aromatic carbocycles. The minimum Gasteiger partial charge on any atom is -0.257 e. The Balaban J connectivity index is 3.12. The van der Waals surface area contributed by atoms with Gasteiger partial charge in [0, 0.05) is 0 Å². The fourth-order valence-electron chi connectivity index (χ4n) is 0.757. The summed E-state index contributed by atoms with van der Waals surface area (Å²) in [5.41, 5.74) is 1.87. The average molecular weight is 213 g/mol. The molecule has 0 aliphatic carbocycles. The van der Waals surface area contributed by atoms with Crippen molar-refractivity contribution in [3.05, 3.63) is 28.3 Å². The second-order valence-corrected chi connectivity index (χ2v) is 2.98. The first-order valence-electron chi connectivity index (χ1n) is 3.36. The first-order chi connectivity index (χ1) is 5.24. The van der Waals surface area contributed by atoms with Crippen LogP contribution in [0.2, 0.25) is 0 Å². The van der Waals surface area contributed by atoms with Crippen molar-refractivity contribution in [2.45, 2.75) is 13.8 Å². The predicted molar refractivity (Wildman–Crippen MR) is 49.2 cm³/mol. The highest BCUT2D eigenvalue weighted by molar-refractivity contribution is 9.10. The molecule has 0 fully saturated rings. The standard InChI is InChI=1S/C8H9BrN2/c1-3-4-7-6(2)10-5-8(9)11-7/h3-5H,1-2H3/b4-3-. The molecule has 58 valence electrons. The number of hydrogen-bond donors (Lipinski definition) is 0. The fourth-order valence-corrected chi connectivity index (χ4v) is 1.05. The van der Waals surface area contributed by atoms with Gasteiger partial charge in [-0.2, -0.15) is 0 Å². The molecule has 2 nitrogen and oxygen atoms in total. The van der Waals surface area contributed by atoms with Crippen LogP contribution in [0.4, 0.5) is 0 Å². The van der Waals surface area contributed by atoms with E-state index < -0.39 is 0 Å². The maximum Gasteiger partial charge on any atom is 0.125 e. The molecule has 0 atom stereocenters. The van der Waals surface area contributed by atoms with Crippen LogP contribution in [0.5, 0.6) is 0 Å². The molecule has 1 aromatic rings. The Bertz CT molecular complexity index is 281. The monoisotopic (exact) mass is 212 g/mol. The molecule has 0 radical (unpaired) electrons. The molecule has 0 aliphatic heterocycles. The van der Waals surface area contributed by atoms with E-state index in [0.29, 0.717) is 0 Å². The quantitative estimate of drug-likeness (QED) is 0.716. The van der Waals surface area contributed by atoms with E-state index in [4.69, 9.17) is 0 Å². The van der Waals surface area contributed by atoms with Gasteiger partial charge in [0.1, 0.15) is 4.60 Å². The molecular formula is C8H9BrN2. The number of hydrogen-bond acceptors (Lipinski definition) is 2. The Kier molecular flexibility index (Phi) is 2.76. The van der Waals surface area contributed by atoms with E-state index in [0.717, 1.165) is 16.0 Å². The first kappa shape index (κ1) is 8.40. The Labute approximate surface area is 74.5 Å². The van der Waals surface area contributed by atoms with Crippen LogP contribution in [-0.4, -0.2) is 9.97 Å². The van der Waals surface area contributed by atoms with Crippen LogP contribution in [0.25, 0.3) is 6.08 Å². The zero-order valence-corrected chi connectivity index (χ0v) is 8.09. The van der Waals surface area contributed by atoms with Gasteiger partial charge in [0.2, 0.25) is 0 Å². The zero-order valence-electron chi connectivity index (χ0n) is 6.50. The number of aryl methyl sites for hydroxylation is 1. The normalized spacial score (nSPS) is 10.8. The van der Waals surface area contributed by atoms with E-state index in [-0.39, 0.29) is 0 Å². The van der Waals surface area contributed by atoms with Gasteiger partial charge >= 0.3 is 0 Å². The van der Waals surface area contributed by atoms with Gasteiger partial charge in [0.15, 0.2) is 0 Å². The minimum atomic E-state index is 0.774. The van der Waals surface area contributed by atoms with Crippen molar-refractivity contribution in [1.82, 2.24) is 9.97 Å². The van der Waals surface area contributed by atoms with Gasteiger partial charge in [0.05, 0.1) is 17.6 Å². The summed E-state index contributed by atoms with van der Waals surface area (Å²) >= 11 is 3.26. The highest BCUT2D eigenvalue weighted by Gasteiger charge is 1.96. The zero-order chi connectivity index (χ0) is 8.27. The summed E-state index contributed by atoms with van der Waals surface area (Å²) in [5, 5.41) is 0. The first-order valence-corrected chi connectivity index (χ1v) is 4.15. The second-order valence-electron chi connectivity index (χ2n) is 2.16. The number of nitrogens with zero attached hydrogens (tertiary/aromatic N) is 2. The molecule has 1 rings (SSSR count). The van der Waals surface area contributed by atoms with Gasteiger partial charge in [-0.05, 0) is 35.9 Å². The Morgan fingerprint density at radius 3 is 2.91 bits per heavy atom. The van der Waals surface area contributed by atoms with Crippen molar-refractivity contribution < 1.29 is 0 Å². The molecule has 1 heterocycles. The van der Waals surface area contributed by atoms with Crippen LogP contribution in [0.3, 0.4) is 0 Å². The highest BCUT2D eigenvalue weighted by atomic mass is 79.9. The number of halogens is 1. The number of allylic oxidation sites excluding steroid dienone is 1. The van der Waals surface area contributed by atoms with Crippen molar-refractivity contribution in [3.8, 4) is 0 Å². The van der Waals surface area contributed by atoms with Crippen molar-refractivity contribution >= 4 is 22.0 Å². The van der Waals surface area contributed by atoms with E-state index in [1.165, 1.54) is 0 Å². The third-order valence-electron chi connectivity index (χ3n) is 1.29. The van der Waals surface area contributed by atoms with E-state index in [2.05, 4.69) is 25.9 Å². The average Bonchev–Trinajstić information content (AvgIpc) is 1.98. The Morgan fingerprint density at radius 1 is 1.55 bits per heavy atom. The largest absolute Gasteiger partial charge is 0.257 e. The lowest BCUT2D eigenvalue weighted by molar-refractivity contribution is 1.07. The van der Waals surface area contributed by atoms with Gasteiger partial charge in [-0.25, -0.2) is 4.98 Å². The van der Waals surface area contributed by atoms with Crippen LogP contribution in [0, 0.1) is 6.92 Å². The van der Waals surface area contributed by atoms with E-state index in [9.17, 15) is 0 Å². The number of aromatic nitrogens is 2. The summed E-state index contributed by atoms with van der Waals surface area (Å²) < 4.78 is 0.774. The highest BCUT2D eigenvalue weighted by Crippen LogP contribution is 2.09. The molecule has 0 aliphatic rings. The predicted octanol–water partition coefficient (Wildman–Crippen LogP) is 2.58. The molecule has 3 heteroatoms. The van der Waals surface area contributed by atoms with Crippen molar-refractivity contribution in [1.29, 1.82) is 0 Å². The van der Waals surface area contributed by atoms with Gasteiger partial charge in [-0.15, -0.1) is 0 Å². The summed E-state index contributed by atoms with van der Waals surface area (Å²) in [6, 6.07) is 0. The molecule has 0 amide bonds. The van der Waals surface area contributed by atoms with Crippen molar-refractivity contribution in [2.24, 2.45) is 0 Å². The van der Waals surface area contributed by atoms with E-state index in [1.54, 1.807) is 6.20 Å². The molecular weight excluding hydrogens is 204 g/mol. The lowest BCUT2D eigenvalue weighted by Crippen LogP contribution is -1.90. The summed E-state index contributed by atoms with van der Waals surface area (Å²) in [4.78, 5) is 8.37. The molecule has 0 saturated carbocycles. The van der Waals surface area contributed by atoms with Crippen LogP contribution in [0.15, 0.2) is 16.9 Å². The summed E-state index contributed by atoms with van der Waals surface area (Å²) in [7, 11) is 0. The maximum absolute atomic E-state index is 4.23. The second kappa shape index (κ2) is 3.62. The third kappa shape index (κ3) is 2.12. The van der Waals surface area contributed by atoms with Crippen LogP contribution >= 0.6 is 15.9 Å². The molecule has 0 spiro atoms. The Hall–Kier alpha value is -0.700. The van der Waals surface area contributed by atoms with Gasteiger partial charge in [-0.3, -0.25) is 4.98 Å². The summed E-state index contributed by atoms with van der Waals surface area (Å²) in [6.45, 7) is 3.90. The molecule has 1 aromatic heterocycles. The minimum absolute atomic E-state index is 0.774. The maximum atomic E-state index is 4.23. The topological polar surface area (TPSA) is 25.8 Å². The lowest BCUT2D eigenvalue weighted by atomic mass is 10.3. The summed E-state index contributed by atoms with van der Waals surface area (Å²) in [6.07, 6.45) is 5.58. The Morgan fingerprint density at radius 2 is 2.27 bits per heavy atom. The summed E-state index contributed by atoms with van der Waals surface area (Å²) in [5.74, 6) is 0. The smallest absolute Gasteiger partial charge is 0.125 e. The van der Waals surface area contributed by atoms with Gasteiger partial charge < -0.3 is 0 Å². The van der Waals surface area contributed by atoms with Gasteiger partial charge in [0.25, 0.3) is 0 Å². The van der Waals surface area contributed by atoms with Crippen LogP contribution < -0.4 is 0 Å². The van der Waals surface area contributed by atoms with Gasteiger partial charge in [-0.1, -0.05) is 6.08 Å². The molecule has 0 saturated heterocycles. The van der Waals surface area contributed by atoms with Crippen molar-refractivity contribution in [2.75, 3.05) is 0 Å². The SMILES string of the molecule is C/C=C\c1nc(Br)cnc1C. The molecule has 0 N–H and O–H groups in total. The molecule has 0 unspecified atom stereocenters. The number of rotatable bonds is 1. The van der Waals surface area contributed by atoms with E-state index >= 15 is 0 Å². The van der Waals surface area contributed by atoms with E-state index in [1.807, 2.05) is 26.0 Å². The van der Waals surface area contributed by atoms with Crippen molar-refractivity contribution in [3.63, 3.8) is 0 Å².